The summed E-state index contributed by atoms with van der Waals surface area (Å²) in [6.07, 6.45) is 0. The number of aliphatic hydroxyl groups excluding tert-OH is 1. The van der Waals surface area contributed by atoms with Gasteiger partial charge in [0.25, 0.3) is 0 Å². The Hall–Kier alpha value is -0.540. The summed E-state index contributed by atoms with van der Waals surface area (Å²) in [5, 5.41) is 9.24. The molecular weight excluding hydrogens is 268 g/mol. The fourth-order valence-electron chi connectivity index (χ4n) is 1.58. The van der Waals surface area contributed by atoms with Crippen LogP contribution in [0.15, 0.2) is 16.6 Å². The predicted molar refractivity (Wildman–Crippen MR) is 70.3 cm³/mol. The standard InChI is InChI=1S/C13H19BrO2/c1-8(2)10-5-11(9(3)7-15)13(14)12(6-10)16-4/h5-6,8-9,15H,7H2,1-4H3. The maximum Gasteiger partial charge on any atom is 0.133 e. The first kappa shape index (κ1) is 13.5. The van der Waals surface area contributed by atoms with E-state index in [1.807, 2.05) is 13.0 Å². The van der Waals surface area contributed by atoms with Crippen LogP contribution in [-0.2, 0) is 0 Å². The summed E-state index contributed by atoms with van der Waals surface area (Å²) >= 11 is 3.53. The summed E-state index contributed by atoms with van der Waals surface area (Å²) in [7, 11) is 1.66. The highest BCUT2D eigenvalue weighted by molar-refractivity contribution is 9.10. The smallest absolute Gasteiger partial charge is 0.133 e. The zero-order valence-electron chi connectivity index (χ0n) is 10.2. The molecule has 1 rings (SSSR count). The summed E-state index contributed by atoms with van der Waals surface area (Å²) in [5.74, 6) is 1.40. The number of ether oxygens (including phenoxy) is 1. The van der Waals surface area contributed by atoms with Crippen molar-refractivity contribution in [3.05, 3.63) is 27.7 Å². The lowest BCUT2D eigenvalue weighted by atomic mass is 9.95. The molecule has 0 saturated carbocycles. The second-order valence-electron chi connectivity index (χ2n) is 4.36. The molecule has 0 heterocycles. The van der Waals surface area contributed by atoms with Crippen LogP contribution in [0.5, 0.6) is 5.75 Å². The fraction of sp³-hybridized carbons (Fsp3) is 0.538. The molecule has 1 aromatic carbocycles. The second kappa shape index (κ2) is 5.69. The van der Waals surface area contributed by atoms with Gasteiger partial charge in [0.15, 0.2) is 0 Å². The average molecular weight is 287 g/mol. The Labute approximate surface area is 106 Å². The molecule has 0 saturated heterocycles. The van der Waals surface area contributed by atoms with Crippen molar-refractivity contribution in [2.45, 2.75) is 32.6 Å². The third kappa shape index (κ3) is 2.77. The van der Waals surface area contributed by atoms with Crippen molar-refractivity contribution in [1.82, 2.24) is 0 Å². The molecule has 1 N–H and O–H groups in total. The number of methoxy groups -OCH3 is 1. The molecule has 0 fully saturated rings. The average Bonchev–Trinajstić information content (AvgIpc) is 2.28. The lowest BCUT2D eigenvalue weighted by molar-refractivity contribution is 0.272. The van der Waals surface area contributed by atoms with Gasteiger partial charge in [-0.2, -0.15) is 0 Å². The Morgan fingerprint density at radius 1 is 1.31 bits per heavy atom. The maximum absolute atomic E-state index is 9.24. The Bertz CT molecular complexity index is 361. The van der Waals surface area contributed by atoms with Gasteiger partial charge >= 0.3 is 0 Å². The van der Waals surface area contributed by atoms with Crippen molar-refractivity contribution in [2.75, 3.05) is 13.7 Å². The molecule has 1 atom stereocenters. The molecule has 2 nitrogen and oxygen atoms in total. The van der Waals surface area contributed by atoms with Gasteiger partial charge < -0.3 is 9.84 Å². The lowest BCUT2D eigenvalue weighted by Gasteiger charge is -2.17. The van der Waals surface area contributed by atoms with E-state index in [2.05, 4.69) is 35.8 Å². The quantitative estimate of drug-likeness (QED) is 0.915. The lowest BCUT2D eigenvalue weighted by Crippen LogP contribution is -2.03. The van der Waals surface area contributed by atoms with E-state index in [1.165, 1.54) is 5.56 Å². The van der Waals surface area contributed by atoms with Crippen molar-refractivity contribution < 1.29 is 9.84 Å². The van der Waals surface area contributed by atoms with Crippen LogP contribution in [0, 0.1) is 0 Å². The SMILES string of the molecule is COc1cc(C(C)C)cc(C(C)CO)c1Br. The number of hydrogen-bond acceptors (Lipinski definition) is 2. The fourth-order valence-corrected chi connectivity index (χ4v) is 2.36. The van der Waals surface area contributed by atoms with Crippen LogP contribution < -0.4 is 4.74 Å². The van der Waals surface area contributed by atoms with E-state index in [9.17, 15) is 5.11 Å². The number of hydrogen-bond donors (Lipinski definition) is 1. The molecule has 0 aliphatic rings. The normalized spacial score (nSPS) is 12.9. The summed E-state index contributed by atoms with van der Waals surface area (Å²) in [6, 6.07) is 4.18. The van der Waals surface area contributed by atoms with E-state index in [1.54, 1.807) is 7.11 Å². The Balaban J connectivity index is 3.29. The van der Waals surface area contributed by atoms with Crippen LogP contribution in [0.2, 0.25) is 0 Å². The Morgan fingerprint density at radius 3 is 2.38 bits per heavy atom. The highest BCUT2D eigenvalue weighted by Crippen LogP contribution is 2.36. The molecule has 0 aliphatic heterocycles. The van der Waals surface area contributed by atoms with E-state index >= 15 is 0 Å². The van der Waals surface area contributed by atoms with Gasteiger partial charge in [0, 0.05) is 12.5 Å². The first-order valence-electron chi connectivity index (χ1n) is 5.49. The van der Waals surface area contributed by atoms with Crippen LogP contribution in [-0.4, -0.2) is 18.8 Å². The summed E-state index contributed by atoms with van der Waals surface area (Å²) in [5.41, 5.74) is 2.33. The Kier molecular flexibility index (Phi) is 4.81. The molecule has 1 unspecified atom stereocenters. The highest BCUT2D eigenvalue weighted by atomic mass is 79.9. The zero-order valence-corrected chi connectivity index (χ0v) is 11.8. The number of halogens is 1. The topological polar surface area (TPSA) is 29.5 Å². The first-order valence-corrected chi connectivity index (χ1v) is 6.28. The van der Waals surface area contributed by atoms with Gasteiger partial charge in [-0.05, 0) is 39.0 Å². The third-order valence-electron chi connectivity index (χ3n) is 2.78. The molecule has 3 heteroatoms. The van der Waals surface area contributed by atoms with Crippen LogP contribution in [0.1, 0.15) is 43.7 Å². The summed E-state index contributed by atoms with van der Waals surface area (Å²) < 4.78 is 6.29. The molecule has 0 amide bonds. The van der Waals surface area contributed by atoms with Crippen molar-refractivity contribution in [1.29, 1.82) is 0 Å². The molecule has 0 aliphatic carbocycles. The van der Waals surface area contributed by atoms with Crippen molar-refractivity contribution in [2.24, 2.45) is 0 Å². The molecule has 16 heavy (non-hydrogen) atoms. The van der Waals surface area contributed by atoms with Crippen LogP contribution >= 0.6 is 15.9 Å². The van der Waals surface area contributed by atoms with E-state index in [4.69, 9.17) is 4.74 Å². The minimum absolute atomic E-state index is 0.113. The van der Waals surface area contributed by atoms with Gasteiger partial charge in [-0.1, -0.05) is 26.8 Å². The monoisotopic (exact) mass is 286 g/mol. The third-order valence-corrected chi connectivity index (χ3v) is 3.63. The summed E-state index contributed by atoms with van der Waals surface area (Å²) in [6.45, 7) is 6.44. The van der Waals surface area contributed by atoms with Gasteiger partial charge in [-0.25, -0.2) is 0 Å². The minimum atomic E-state index is 0.113. The molecule has 0 spiro atoms. The Morgan fingerprint density at radius 2 is 1.94 bits per heavy atom. The number of benzene rings is 1. The largest absolute Gasteiger partial charge is 0.496 e. The molecule has 0 aromatic heterocycles. The van der Waals surface area contributed by atoms with Gasteiger partial charge in [0.2, 0.25) is 0 Å². The van der Waals surface area contributed by atoms with Crippen molar-refractivity contribution >= 4 is 15.9 Å². The van der Waals surface area contributed by atoms with E-state index < -0.39 is 0 Å². The van der Waals surface area contributed by atoms with Gasteiger partial charge in [0.05, 0.1) is 11.6 Å². The summed E-state index contributed by atoms with van der Waals surface area (Å²) in [4.78, 5) is 0. The second-order valence-corrected chi connectivity index (χ2v) is 5.16. The number of rotatable bonds is 4. The van der Waals surface area contributed by atoms with E-state index in [0.717, 1.165) is 15.8 Å². The predicted octanol–water partition coefficient (Wildman–Crippen LogP) is 3.68. The van der Waals surface area contributed by atoms with Crippen LogP contribution in [0.25, 0.3) is 0 Å². The molecular formula is C13H19BrO2. The molecule has 0 radical (unpaired) electrons. The van der Waals surface area contributed by atoms with Crippen molar-refractivity contribution in [3.8, 4) is 5.75 Å². The maximum atomic E-state index is 9.24. The molecule has 0 bridgehead atoms. The highest BCUT2D eigenvalue weighted by Gasteiger charge is 2.15. The van der Waals surface area contributed by atoms with Gasteiger partial charge in [0.1, 0.15) is 5.75 Å². The van der Waals surface area contributed by atoms with Crippen molar-refractivity contribution in [3.63, 3.8) is 0 Å². The first-order chi connectivity index (χ1) is 7.51. The number of aliphatic hydroxyl groups is 1. The van der Waals surface area contributed by atoms with Gasteiger partial charge in [-0.3, -0.25) is 0 Å². The van der Waals surface area contributed by atoms with Crippen LogP contribution in [0.3, 0.4) is 0 Å². The minimum Gasteiger partial charge on any atom is -0.496 e. The van der Waals surface area contributed by atoms with E-state index in [-0.39, 0.29) is 12.5 Å². The zero-order chi connectivity index (χ0) is 12.3. The van der Waals surface area contributed by atoms with Gasteiger partial charge in [-0.15, -0.1) is 0 Å². The van der Waals surface area contributed by atoms with Crippen LogP contribution in [0.4, 0.5) is 0 Å². The molecule has 90 valence electrons. The molecule has 1 aromatic rings. The van der Waals surface area contributed by atoms with E-state index in [0.29, 0.717) is 5.92 Å².